The van der Waals surface area contributed by atoms with Crippen LogP contribution in [0, 0.1) is 29.6 Å². The van der Waals surface area contributed by atoms with Gasteiger partial charge in [0.05, 0.1) is 11.8 Å². The topological polar surface area (TPSA) is 128 Å². The average Bonchev–Trinajstić information content (AvgIpc) is 2.80. The van der Waals surface area contributed by atoms with Gasteiger partial charge in [-0.2, -0.15) is 0 Å². The lowest BCUT2D eigenvalue weighted by molar-refractivity contribution is -0.149. The molecule has 9 nitrogen and oxygen atoms in total. The zero-order chi connectivity index (χ0) is 29.2. The molecule has 0 aromatic heterocycles. The minimum atomic E-state index is -1.08. The number of aliphatic carboxylic acids is 1. The quantitative estimate of drug-likeness (QED) is 0.244. The maximum Gasteiger partial charge on any atom is 0.321 e. The van der Waals surface area contributed by atoms with Crippen LogP contribution >= 0.6 is 0 Å². The molecule has 1 aromatic carbocycles. The van der Waals surface area contributed by atoms with Crippen molar-refractivity contribution in [3.63, 3.8) is 0 Å². The minimum Gasteiger partial charge on any atom is -0.480 e. The van der Waals surface area contributed by atoms with Crippen LogP contribution in [0.1, 0.15) is 74.3 Å². The molecule has 0 heterocycles. The van der Waals surface area contributed by atoms with Gasteiger partial charge in [0.25, 0.3) is 0 Å². The van der Waals surface area contributed by atoms with E-state index in [0.29, 0.717) is 5.56 Å². The molecule has 214 valence electrons. The summed E-state index contributed by atoms with van der Waals surface area (Å²) in [6, 6.07) is 3.68. The van der Waals surface area contributed by atoms with Crippen LogP contribution in [-0.4, -0.2) is 47.7 Å². The van der Waals surface area contributed by atoms with Crippen LogP contribution in [0.15, 0.2) is 18.2 Å². The van der Waals surface area contributed by atoms with Gasteiger partial charge in [-0.25, -0.2) is 0 Å². The molecule has 0 aliphatic rings. The lowest BCUT2D eigenvalue weighted by Gasteiger charge is -2.21. The van der Waals surface area contributed by atoms with Gasteiger partial charge in [-0.05, 0) is 48.8 Å². The van der Waals surface area contributed by atoms with Crippen molar-refractivity contribution in [2.24, 2.45) is 29.6 Å². The number of rotatable bonds is 15. The largest absolute Gasteiger partial charge is 0.480 e. The monoisotopic (exact) mass is 535 g/mol. The third kappa shape index (κ3) is 11.2. The second-order valence-electron chi connectivity index (χ2n) is 11.1. The summed E-state index contributed by atoms with van der Waals surface area (Å²) in [5.41, 5.74) is 0.561. The molecule has 9 heteroatoms. The SMILES string of the molecule is CC(C)CC(=O)OC(C)CN[C@@H](Cc1ccc(OC(=O)C(C)C(C)C)c(OC(=O)C(C)C(C)C)c1)C(=O)O. The molecule has 0 aliphatic carbocycles. The Kier molecular flexibility index (Phi) is 13.5. The molecular formula is C29H45NO8. The molecular weight excluding hydrogens is 490 g/mol. The summed E-state index contributed by atoms with van der Waals surface area (Å²) in [5, 5.41) is 12.7. The van der Waals surface area contributed by atoms with Crippen LogP contribution in [0.25, 0.3) is 0 Å². The first-order chi connectivity index (χ1) is 17.6. The number of ether oxygens (including phenoxy) is 3. The molecule has 4 atom stereocenters. The highest BCUT2D eigenvalue weighted by atomic mass is 16.6. The zero-order valence-electron chi connectivity index (χ0n) is 24.2. The molecule has 0 saturated heterocycles. The predicted molar refractivity (Wildman–Crippen MR) is 144 cm³/mol. The number of benzene rings is 1. The fourth-order valence-corrected chi connectivity index (χ4v) is 3.23. The molecule has 0 spiro atoms. The first-order valence-corrected chi connectivity index (χ1v) is 13.3. The van der Waals surface area contributed by atoms with Crippen molar-refractivity contribution in [3.05, 3.63) is 23.8 Å². The molecule has 0 fully saturated rings. The van der Waals surface area contributed by atoms with E-state index in [-0.39, 0.29) is 60.5 Å². The van der Waals surface area contributed by atoms with E-state index in [1.165, 1.54) is 12.1 Å². The van der Waals surface area contributed by atoms with Crippen molar-refractivity contribution < 1.29 is 38.5 Å². The molecule has 0 saturated carbocycles. The van der Waals surface area contributed by atoms with Gasteiger partial charge < -0.3 is 24.6 Å². The molecule has 0 aliphatic heterocycles. The number of carboxylic acids is 1. The summed E-state index contributed by atoms with van der Waals surface area (Å²) >= 11 is 0. The molecule has 0 radical (unpaired) electrons. The fourth-order valence-electron chi connectivity index (χ4n) is 3.23. The summed E-state index contributed by atoms with van der Waals surface area (Å²) in [6.07, 6.45) is -0.166. The van der Waals surface area contributed by atoms with Crippen LogP contribution in [0.5, 0.6) is 11.5 Å². The maximum absolute atomic E-state index is 12.7. The number of carbonyl (C=O) groups is 4. The van der Waals surface area contributed by atoms with Gasteiger partial charge in [0.15, 0.2) is 11.5 Å². The Hall–Kier alpha value is -2.94. The number of carbonyl (C=O) groups excluding carboxylic acids is 3. The van der Waals surface area contributed by atoms with Crippen LogP contribution in [-0.2, 0) is 30.3 Å². The number of nitrogens with one attached hydrogen (secondary N) is 1. The Labute approximate surface area is 226 Å². The van der Waals surface area contributed by atoms with Gasteiger partial charge in [-0.15, -0.1) is 0 Å². The Morgan fingerprint density at radius 1 is 0.816 bits per heavy atom. The van der Waals surface area contributed by atoms with Crippen LogP contribution < -0.4 is 14.8 Å². The number of carboxylic acid groups (broad SMARTS) is 1. The van der Waals surface area contributed by atoms with Gasteiger partial charge in [0.2, 0.25) is 0 Å². The summed E-state index contributed by atoms with van der Waals surface area (Å²) in [5.74, 6) is -2.70. The Morgan fingerprint density at radius 2 is 1.34 bits per heavy atom. The van der Waals surface area contributed by atoms with Crippen molar-refractivity contribution in [1.82, 2.24) is 5.32 Å². The summed E-state index contributed by atoms with van der Waals surface area (Å²) < 4.78 is 16.5. The van der Waals surface area contributed by atoms with Gasteiger partial charge in [-0.1, -0.05) is 61.5 Å². The summed E-state index contributed by atoms with van der Waals surface area (Å²) in [7, 11) is 0. The Bertz CT molecular complexity index is 956. The van der Waals surface area contributed by atoms with Crippen molar-refractivity contribution in [3.8, 4) is 11.5 Å². The molecule has 38 heavy (non-hydrogen) atoms. The minimum absolute atomic E-state index is 0.0369. The van der Waals surface area contributed by atoms with E-state index in [9.17, 15) is 24.3 Å². The smallest absolute Gasteiger partial charge is 0.321 e. The second kappa shape index (κ2) is 15.5. The normalized spacial score (nSPS) is 14.6. The molecule has 2 N–H and O–H groups in total. The van der Waals surface area contributed by atoms with E-state index in [4.69, 9.17) is 14.2 Å². The summed E-state index contributed by atoms with van der Waals surface area (Å²) in [6.45, 7) is 16.8. The van der Waals surface area contributed by atoms with Crippen molar-refractivity contribution in [2.45, 2.75) is 87.3 Å². The molecule has 3 unspecified atom stereocenters. The van der Waals surface area contributed by atoms with E-state index >= 15 is 0 Å². The maximum atomic E-state index is 12.7. The lowest BCUT2D eigenvalue weighted by Crippen LogP contribution is -2.42. The van der Waals surface area contributed by atoms with Crippen LogP contribution in [0.3, 0.4) is 0 Å². The van der Waals surface area contributed by atoms with Crippen LogP contribution in [0.2, 0.25) is 0 Å². The predicted octanol–water partition coefficient (Wildman–Crippen LogP) is 4.64. The first kappa shape index (κ1) is 33.1. The number of hydrogen-bond donors (Lipinski definition) is 2. The Balaban J connectivity index is 3.10. The number of esters is 3. The van der Waals surface area contributed by atoms with E-state index < -0.39 is 36.0 Å². The van der Waals surface area contributed by atoms with Crippen molar-refractivity contribution in [1.29, 1.82) is 0 Å². The van der Waals surface area contributed by atoms with Gasteiger partial charge in [0.1, 0.15) is 12.1 Å². The fraction of sp³-hybridized carbons (Fsp3) is 0.655. The highest BCUT2D eigenvalue weighted by molar-refractivity contribution is 5.79. The summed E-state index contributed by atoms with van der Waals surface area (Å²) in [4.78, 5) is 49.1. The van der Waals surface area contributed by atoms with E-state index in [0.717, 1.165) is 0 Å². The molecule has 1 rings (SSSR count). The average molecular weight is 536 g/mol. The standard InChI is InChI=1S/C29H45NO8/c1-16(2)12-26(31)36-19(7)15-30-23(27(32)33)13-22-10-11-24(37-28(34)20(8)17(3)4)25(14-22)38-29(35)21(9)18(5)6/h10-11,14,16-21,23,30H,12-13,15H2,1-9H3,(H,32,33)/t19?,20?,21?,23-/m0/s1. The third-order valence-corrected chi connectivity index (χ3v) is 6.47. The van der Waals surface area contributed by atoms with Crippen molar-refractivity contribution in [2.75, 3.05) is 6.54 Å². The van der Waals surface area contributed by atoms with Gasteiger partial charge >= 0.3 is 23.9 Å². The highest BCUT2D eigenvalue weighted by Gasteiger charge is 2.25. The van der Waals surface area contributed by atoms with Gasteiger partial charge in [0, 0.05) is 13.0 Å². The first-order valence-electron chi connectivity index (χ1n) is 13.3. The van der Waals surface area contributed by atoms with Crippen molar-refractivity contribution >= 4 is 23.9 Å². The third-order valence-electron chi connectivity index (χ3n) is 6.47. The molecule has 1 aromatic rings. The van der Waals surface area contributed by atoms with E-state index in [1.807, 2.05) is 41.5 Å². The lowest BCUT2D eigenvalue weighted by atomic mass is 9.98. The molecule has 0 amide bonds. The highest BCUT2D eigenvalue weighted by Crippen LogP contribution is 2.31. The molecule has 0 bridgehead atoms. The van der Waals surface area contributed by atoms with Crippen LogP contribution in [0.4, 0.5) is 0 Å². The second-order valence-corrected chi connectivity index (χ2v) is 11.1. The van der Waals surface area contributed by atoms with E-state index in [1.54, 1.807) is 26.8 Å². The Morgan fingerprint density at radius 3 is 1.82 bits per heavy atom. The van der Waals surface area contributed by atoms with E-state index in [2.05, 4.69) is 5.32 Å². The van der Waals surface area contributed by atoms with Gasteiger partial charge in [-0.3, -0.25) is 19.2 Å². The number of hydrogen-bond acceptors (Lipinski definition) is 8. The zero-order valence-corrected chi connectivity index (χ0v) is 24.2.